The lowest BCUT2D eigenvalue weighted by molar-refractivity contribution is -0.139. The van der Waals surface area contributed by atoms with Gasteiger partial charge in [-0.1, -0.05) is 0 Å². The topological polar surface area (TPSA) is 116 Å². The van der Waals surface area contributed by atoms with Crippen LogP contribution in [0, 0.1) is 0 Å². The lowest BCUT2D eigenvalue weighted by Crippen LogP contribution is -2.51. The summed E-state index contributed by atoms with van der Waals surface area (Å²) in [7, 11) is 0. The number of hydrogen-bond donors (Lipinski definition) is 3. The van der Waals surface area contributed by atoms with Crippen molar-refractivity contribution in [3.05, 3.63) is 0 Å². The molecule has 0 bridgehead atoms. The fourth-order valence-corrected chi connectivity index (χ4v) is 3.97. The van der Waals surface area contributed by atoms with Crippen LogP contribution in [0.4, 0.5) is 0 Å². The number of thioether (sulfide) groups is 1. The maximum atomic E-state index is 12.1. The molecule has 3 amide bonds. The first-order valence-electron chi connectivity index (χ1n) is 6.56. The molecule has 8 nitrogen and oxygen atoms in total. The molecule has 2 saturated heterocycles. The Morgan fingerprint density at radius 2 is 2.10 bits per heavy atom. The number of nitrogens with one attached hydrogen (secondary N) is 2. The smallest absolute Gasteiger partial charge is 0.322 e. The van der Waals surface area contributed by atoms with Gasteiger partial charge in [0.25, 0.3) is 0 Å². The Balaban J connectivity index is 1.85. The molecule has 0 aromatic carbocycles. The van der Waals surface area contributed by atoms with E-state index in [1.165, 1.54) is 0 Å². The normalized spacial score (nSPS) is 27.4. The standard InChI is InChI=1S/C12H17N3O5S/c1-12-3-2-9(17)15(12)7(6-21-12)11(20)14-4-8(16)13-5-10(18)19/h7H,2-6H2,1H3,(H,13,16)(H,14,20)(H,18,19). The summed E-state index contributed by atoms with van der Waals surface area (Å²) in [6.45, 7) is 1.15. The Morgan fingerprint density at radius 1 is 1.38 bits per heavy atom. The van der Waals surface area contributed by atoms with Crippen molar-refractivity contribution in [3.8, 4) is 0 Å². The Labute approximate surface area is 125 Å². The van der Waals surface area contributed by atoms with E-state index in [1.807, 2.05) is 6.92 Å². The van der Waals surface area contributed by atoms with E-state index in [-0.39, 0.29) is 23.2 Å². The molecule has 3 N–H and O–H groups in total. The van der Waals surface area contributed by atoms with Gasteiger partial charge in [-0.2, -0.15) is 0 Å². The monoisotopic (exact) mass is 315 g/mol. The van der Waals surface area contributed by atoms with Gasteiger partial charge in [0.05, 0.1) is 11.4 Å². The Bertz CT molecular complexity index is 497. The van der Waals surface area contributed by atoms with Gasteiger partial charge in [0.2, 0.25) is 17.7 Å². The first-order valence-corrected chi connectivity index (χ1v) is 7.54. The van der Waals surface area contributed by atoms with Crippen LogP contribution in [0.2, 0.25) is 0 Å². The molecule has 21 heavy (non-hydrogen) atoms. The summed E-state index contributed by atoms with van der Waals surface area (Å²) in [6, 6.07) is -0.567. The molecule has 2 unspecified atom stereocenters. The third-order valence-corrected chi connectivity index (χ3v) is 5.11. The first kappa shape index (κ1) is 15.6. The van der Waals surface area contributed by atoms with Crippen molar-refractivity contribution in [2.45, 2.75) is 30.7 Å². The molecule has 0 aromatic heterocycles. The van der Waals surface area contributed by atoms with Crippen molar-refractivity contribution >= 4 is 35.5 Å². The third kappa shape index (κ3) is 3.29. The fourth-order valence-electron chi connectivity index (χ4n) is 2.54. The Morgan fingerprint density at radius 3 is 2.76 bits per heavy atom. The number of carbonyl (C=O) groups is 4. The van der Waals surface area contributed by atoms with Gasteiger partial charge in [0.1, 0.15) is 12.6 Å². The van der Waals surface area contributed by atoms with Crippen molar-refractivity contribution in [3.63, 3.8) is 0 Å². The van der Waals surface area contributed by atoms with Gasteiger partial charge in [0.15, 0.2) is 0 Å². The molecule has 0 saturated carbocycles. The maximum Gasteiger partial charge on any atom is 0.322 e. The largest absolute Gasteiger partial charge is 0.480 e. The number of carbonyl (C=O) groups excluding carboxylic acids is 3. The average molecular weight is 315 g/mol. The summed E-state index contributed by atoms with van der Waals surface area (Å²) in [5.41, 5.74) is 0. The van der Waals surface area contributed by atoms with Gasteiger partial charge in [-0.25, -0.2) is 0 Å². The summed E-state index contributed by atoms with van der Waals surface area (Å²) < 4.78 is 0. The van der Waals surface area contributed by atoms with E-state index in [9.17, 15) is 19.2 Å². The van der Waals surface area contributed by atoms with E-state index in [1.54, 1.807) is 16.7 Å². The van der Waals surface area contributed by atoms with E-state index < -0.39 is 24.5 Å². The zero-order valence-electron chi connectivity index (χ0n) is 11.5. The van der Waals surface area contributed by atoms with Gasteiger partial charge in [-0.3, -0.25) is 19.2 Å². The summed E-state index contributed by atoms with van der Waals surface area (Å²) in [4.78, 5) is 46.9. The van der Waals surface area contributed by atoms with E-state index in [2.05, 4.69) is 10.6 Å². The second-order valence-corrected chi connectivity index (χ2v) is 6.66. The van der Waals surface area contributed by atoms with E-state index in [0.717, 1.165) is 6.42 Å². The van der Waals surface area contributed by atoms with Crippen molar-refractivity contribution in [1.29, 1.82) is 0 Å². The van der Waals surface area contributed by atoms with E-state index in [0.29, 0.717) is 12.2 Å². The molecule has 9 heteroatoms. The van der Waals surface area contributed by atoms with Crippen molar-refractivity contribution in [2.24, 2.45) is 0 Å². The van der Waals surface area contributed by atoms with Gasteiger partial charge in [0, 0.05) is 12.2 Å². The SMILES string of the molecule is CC12CCC(=O)N1C(C(=O)NCC(=O)NCC(=O)O)CS2. The minimum Gasteiger partial charge on any atom is -0.480 e. The molecule has 2 fully saturated rings. The van der Waals surface area contributed by atoms with Crippen molar-refractivity contribution < 1.29 is 24.3 Å². The second-order valence-electron chi connectivity index (χ2n) is 5.15. The summed E-state index contributed by atoms with van der Waals surface area (Å²) >= 11 is 1.57. The zero-order chi connectivity index (χ0) is 15.6. The van der Waals surface area contributed by atoms with E-state index in [4.69, 9.17) is 5.11 Å². The molecule has 116 valence electrons. The molecule has 2 aliphatic rings. The fraction of sp³-hybridized carbons (Fsp3) is 0.667. The Kier molecular flexibility index (Phi) is 4.40. The van der Waals surface area contributed by atoms with Crippen LogP contribution in [0.15, 0.2) is 0 Å². The highest BCUT2D eigenvalue weighted by Crippen LogP contribution is 2.47. The lowest BCUT2D eigenvalue weighted by Gasteiger charge is -2.29. The lowest BCUT2D eigenvalue weighted by atomic mass is 10.2. The number of carboxylic acids is 1. The number of rotatable bonds is 5. The molecule has 2 heterocycles. The van der Waals surface area contributed by atoms with Crippen LogP contribution in [0.3, 0.4) is 0 Å². The number of aliphatic carboxylic acids is 1. The highest BCUT2D eigenvalue weighted by atomic mass is 32.2. The predicted molar refractivity (Wildman–Crippen MR) is 74.4 cm³/mol. The van der Waals surface area contributed by atoms with Crippen molar-refractivity contribution in [1.82, 2.24) is 15.5 Å². The first-order chi connectivity index (χ1) is 9.83. The average Bonchev–Trinajstić information content (AvgIpc) is 2.91. The molecule has 2 aliphatic heterocycles. The van der Waals surface area contributed by atoms with Crippen LogP contribution in [0.5, 0.6) is 0 Å². The summed E-state index contributed by atoms with van der Waals surface area (Å²) in [6.07, 6.45) is 1.16. The number of nitrogens with zero attached hydrogens (tertiary/aromatic N) is 1. The summed E-state index contributed by atoms with van der Waals surface area (Å²) in [5.74, 6) is -1.65. The van der Waals surface area contributed by atoms with Crippen molar-refractivity contribution in [2.75, 3.05) is 18.8 Å². The number of amides is 3. The molecule has 2 atom stereocenters. The van der Waals surface area contributed by atoms with Gasteiger partial charge in [-0.15, -0.1) is 11.8 Å². The van der Waals surface area contributed by atoms with Gasteiger partial charge >= 0.3 is 5.97 Å². The van der Waals surface area contributed by atoms with Gasteiger partial charge < -0.3 is 20.6 Å². The maximum absolute atomic E-state index is 12.1. The van der Waals surface area contributed by atoms with Gasteiger partial charge in [-0.05, 0) is 13.3 Å². The minimum atomic E-state index is -1.15. The quantitative estimate of drug-likeness (QED) is 0.584. The minimum absolute atomic E-state index is 0.0435. The molecule has 0 aromatic rings. The molecule has 2 rings (SSSR count). The predicted octanol–water partition coefficient (Wildman–Crippen LogP) is -1.24. The van der Waals surface area contributed by atoms with Crippen LogP contribution in [-0.4, -0.2) is 63.5 Å². The Hall–Kier alpha value is -1.77. The molecule has 0 aliphatic carbocycles. The van der Waals surface area contributed by atoms with Crippen LogP contribution < -0.4 is 10.6 Å². The molecule has 0 radical (unpaired) electrons. The highest BCUT2D eigenvalue weighted by Gasteiger charge is 2.52. The number of carboxylic acid groups (broad SMARTS) is 1. The van der Waals surface area contributed by atoms with Crippen LogP contribution in [0.25, 0.3) is 0 Å². The van der Waals surface area contributed by atoms with E-state index >= 15 is 0 Å². The molecular weight excluding hydrogens is 298 g/mol. The van der Waals surface area contributed by atoms with Crippen LogP contribution >= 0.6 is 11.8 Å². The third-order valence-electron chi connectivity index (χ3n) is 3.61. The molecular formula is C12H17N3O5S. The molecule has 0 spiro atoms. The van der Waals surface area contributed by atoms with Crippen LogP contribution in [0.1, 0.15) is 19.8 Å². The summed E-state index contributed by atoms with van der Waals surface area (Å²) in [5, 5.41) is 13.0. The number of hydrogen-bond acceptors (Lipinski definition) is 5. The van der Waals surface area contributed by atoms with Crippen LogP contribution in [-0.2, 0) is 19.2 Å². The second kappa shape index (κ2) is 5.92. The zero-order valence-corrected chi connectivity index (χ0v) is 12.4. The number of fused-ring (bicyclic) bond motifs is 1. The highest BCUT2D eigenvalue weighted by molar-refractivity contribution is 8.01.